The minimum absolute atomic E-state index is 0.174. The van der Waals surface area contributed by atoms with Gasteiger partial charge in [-0.1, -0.05) is 36.4 Å². The Morgan fingerprint density at radius 1 is 1.21 bits per heavy atom. The van der Waals surface area contributed by atoms with E-state index in [9.17, 15) is 19.0 Å². The molecule has 2 aliphatic rings. The average molecular weight is 603 g/mol. The summed E-state index contributed by atoms with van der Waals surface area (Å²) < 4.78 is 37.5. The van der Waals surface area contributed by atoms with Gasteiger partial charge < -0.3 is 44.3 Å². The molecule has 2 aliphatic heterocycles. The molecule has 0 spiro atoms. The van der Waals surface area contributed by atoms with Crippen molar-refractivity contribution in [3.05, 3.63) is 54.6 Å². The maximum absolute atomic E-state index is 12.4. The van der Waals surface area contributed by atoms with Gasteiger partial charge >= 0.3 is 12.0 Å². The van der Waals surface area contributed by atoms with Crippen LogP contribution in [0.2, 0.25) is 0 Å². The van der Waals surface area contributed by atoms with Crippen molar-refractivity contribution in [2.75, 3.05) is 24.6 Å². The second kappa shape index (κ2) is 12.6. The third kappa shape index (κ3) is 6.65. The first-order chi connectivity index (χ1) is 20.1. The number of aliphatic carboxylic acids is 1. The summed E-state index contributed by atoms with van der Waals surface area (Å²) in [6.07, 6.45) is 1.20. The van der Waals surface area contributed by atoms with Crippen molar-refractivity contribution in [3.63, 3.8) is 0 Å². The molecule has 0 aliphatic carbocycles. The molecule has 42 heavy (non-hydrogen) atoms. The number of fused-ring (bicyclic) bond motifs is 2. The Kier molecular flexibility index (Phi) is 8.93. The number of anilines is 1. The number of carboxylic acid groups (broad SMARTS) is 1. The third-order valence-corrected chi connectivity index (χ3v) is 7.87. The molecular weight excluding hydrogens is 573 g/mol. The second-order valence-corrected chi connectivity index (χ2v) is 11.3. The molecule has 5 N–H and O–H groups in total. The molecule has 2 amide bonds. The van der Waals surface area contributed by atoms with Crippen molar-refractivity contribution >= 4 is 42.7 Å². The molecule has 7 atom stereocenters. The number of rotatable bonds is 11. The third-order valence-electron chi connectivity index (χ3n) is 6.49. The summed E-state index contributed by atoms with van der Waals surface area (Å²) in [6.45, 7) is 1.71. The van der Waals surface area contributed by atoms with E-state index in [1.165, 1.54) is 12.7 Å². The lowest BCUT2D eigenvalue weighted by atomic mass is 10.1. The number of urea groups is 1. The second-order valence-electron chi connectivity index (χ2n) is 9.47. The molecule has 2 saturated heterocycles. The Morgan fingerprint density at radius 2 is 1.98 bits per heavy atom. The molecule has 0 radical (unpaired) electrons. The van der Waals surface area contributed by atoms with Crippen LogP contribution in [0.1, 0.15) is 18.7 Å². The van der Waals surface area contributed by atoms with Gasteiger partial charge in [0.15, 0.2) is 29.5 Å². The molecular formula is C25H29N7O9P-. The number of hydrogen-bond acceptors (Lipinski definition) is 12. The molecule has 17 heteroatoms. The summed E-state index contributed by atoms with van der Waals surface area (Å²) >= 11 is 0. The number of nitrogens with two attached hydrogens (primary N) is 1. The van der Waals surface area contributed by atoms with Crippen molar-refractivity contribution in [2.45, 2.75) is 43.8 Å². The lowest BCUT2D eigenvalue weighted by Gasteiger charge is -2.27. The van der Waals surface area contributed by atoms with Gasteiger partial charge in [0.05, 0.1) is 12.9 Å². The predicted molar refractivity (Wildman–Crippen MR) is 145 cm³/mol. The van der Waals surface area contributed by atoms with Crippen LogP contribution >= 0.6 is 7.60 Å². The van der Waals surface area contributed by atoms with Crippen molar-refractivity contribution in [3.8, 4) is 0 Å². The van der Waals surface area contributed by atoms with E-state index in [0.717, 1.165) is 5.56 Å². The van der Waals surface area contributed by atoms with Crippen LogP contribution in [0.3, 0.4) is 0 Å². The van der Waals surface area contributed by atoms with Crippen molar-refractivity contribution < 1.29 is 42.9 Å². The highest BCUT2D eigenvalue weighted by Gasteiger charge is 2.53. The highest BCUT2D eigenvalue weighted by Crippen LogP contribution is 2.44. The molecule has 2 aromatic heterocycles. The van der Waals surface area contributed by atoms with Crippen LogP contribution in [0, 0.1) is 0 Å². The van der Waals surface area contributed by atoms with E-state index < -0.39 is 69.2 Å². The maximum Gasteiger partial charge on any atom is 0.320 e. The Morgan fingerprint density at radius 3 is 2.71 bits per heavy atom. The van der Waals surface area contributed by atoms with Gasteiger partial charge in [-0.25, -0.2) is 19.7 Å². The number of nitrogens with zero attached hydrogens (tertiary/aromatic N) is 4. The SMILES string of the molecule is CCNC(=O)Nc1ncnc2c1ncn2[C@@H]1O[C@H](COP(=O)([O-])CC(N)C(=O)O)C2O[C@H](/C=C/c3ccccc3)O[C@@H]21. The number of nitrogens with one attached hydrogen (secondary N) is 2. The number of amides is 2. The summed E-state index contributed by atoms with van der Waals surface area (Å²) in [7, 11) is -4.64. The molecule has 0 saturated carbocycles. The van der Waals surface area contributed by atoms with E-state index >= 15 is 0 Å². The van der Waals surface area contributed by atoms with E-state index in [0.29, 0.717) is 12.2 Å². The zero-order valence-corrected chi connectivity index (χ0v) is 23.2. The van der Waals surface area contributed by atoms with Crippen LogP contribution in [-0.4, -0.2) is 86.6 Å². The molecule has 16 nitrogen and oxygen atoms in total. The standard InChI is InChI=1S/C25H30N7O9P/c1-2-27-25(35)31-21-18-22(29-12-28-21)32(13-30-18)23-20-19(40-17(41-20)9-8-14-6-4-3-5-7-14)16(39-23)10-38-42(36,37)11-15(26)24(33)34/h3-9,12-13,15-17,19-20,23H,2,10-11,26H2,1H3,(H,33,34)(H,36,37)(H2,27,28,29,31,35)/p-1/b9-8+/t15?,16-,17+,19?,20+,23-/m1/s1. The zero-order chi connectivity index (χ0) is 29.9. The molecule has 4 heterocycles. The van der Waals surface area contributed by atoms with Gasteiger partial charge in [0, 0.05) is 12.7 Å². The van der Waals surface area contributed by atoms with Crippen LogP contribution in [0.25, 0.3) is 17.2 Å². The van der Waals surface area contributed by atoms with Crippen molar-refractivity contribution in [1.29, 1.82) is 0 Å². The normalized spacial score (nSPS) is 25.7. The molecule has 5 rings (SSSR count). The first kappa shape index (κ1) is 29.7. The number of hydrogen-bond donors (Lipinski definition) is 4. The summed E-state index contributed by atoms with van der Waals surface area (Å²) in [6, 6.07) is 7.38. The Hall–Kier alpha value is -3.76. The molecule has 224 valence electrons. The summed E-state index contributed by atoms with van der Waals surface area (Å²) in [4.78, 5) is 48.3. The number of benzene rings is 1. The monoisotopic (exact) mass is 602 g/mol. The van der Waals surface area contributed by atoms with Crippen LogP contribution in [0.15, 0.2) is 49.1 Å². The smallest absolute Gasteiger partial charge is 0.320 e. The quantitative estimate of drug-likeness (QED) is 0.222. The van der Waals surface area contributed by atoms with Crippen molar-refractivity contribution in [1.82, 2.24) is 24.8 Å². The maximum atomic E-state index is 12.4. The van der Waals surface area contributed by atoms with Gasteiger partial charge in [0.25, 0.3) is 0 Å². The highest BCUT2D eigenvalue weighted by atomic mass is 31.2. The van der Waals surface area contributed by atoms with E-state index in [-0.39, 0.29) is 11.3 Å². The molecule has 0 bridgehead atoms. The first-order valence-corrected chi connectivity index (χ1v) is 14.7. The fourth-order valence-electron chi connectivity index (χ4n) is 4.56. The van der Waals surface area contributed by atoms with Crippen LogP contribution in [0.4, 0.5) is 10.6 Å². The van der Waals surface area contributed by atoms with Crippen molar-refractivity contribution in [2.24, 2.45) is 5.73 Å². The number of aromatic nitrogens is 4. The highest BCUT2D eigenvalue weighted by molar-refractivity contribution is 7.51. The Balaban J connectivity index is 1.39. The minimum Gasteiger partial charge on any atom is -0.778 e. The lowest BCUT2D eigenvalue weighted by Crippen LogP contribution is -2.37. The van der Waals surface area contributed by atoms with Crippen LogP contribution < -0.4 is 21.3 Å². The van der Waals surface area contributed by atoms with Crippen LogP contribution in [0.5, 0.6) is 0 Å². The Labute approximate surface area is 239 Å². The molecule has 2 fully saturated rings. The first-order valence-electron chi connectivity index (χ1n) is 13.0. The molecule has 3 aromatic rings. The van der Waals surface area contributed by atoms with Gasteiger partial charge in [-0.2, -0.15) is 0 Å². The molecule has 1 aromatic carbocycles. The largest absolute Gasteiger partial charge is 0.778 e. The number of carboxylic acids is 1. The summed E-state index contributed by atoms with van der Waals surface area (Å²) in [5, 5.41) is 14.2. The summed E-state index contributed by atoms with van der Waals surface area (Å²) in [5.41, 5.74) is 6.90. The van der Waals surface area contributed by atoms with E-state index in [2.05, 4.69) is 25.6 Å². The van der Waals surface area contributed by atoms with Gasteiger partial charge in [-0.15, -0.1) is 0 Å². The fourth-order valence-corrected chi connectivity index (χ4v) is 5.68. The zero-order valence-electron chi connectivity index (χ0n) is 22.3. The molecule has 3 unspecified atom stereocenters. The minimum atomic E-state index is -4.64. The van der Waals surface area contributed by atoms with E-state index in [4.69, 9.17) is 29.6 Å². The predicted octanol–water partition coefficient (Wildman–Crippen LogP) is 0.671. The number of imidazole rings is 1. The summed E-state index contributed by atoms with van der Waals surface area (Å²) in [5.74, 6) is -1.30. The van der Waals surface area contributed by atoms with Gasteiger partial charge in [-0.3, -0.25) is 14.7 Å². The van der Waals surface area contributed by atoms with Crippen LogP contribution in [-0.2, 0) is 28.1 Å². The average Bonchev–Trinajstić information content (AvgIpc) is 3.65. The van der Waals surface area contributed by atoms with Gasteiger partial charge in [0.2, 0.25) is 0 Å². The topological polar surface area (TPSA) is 225 Å². The van der Waals surface area contributed by atoms with Gasteiger partial charge in [0.1, 0.15) is 38.3 Å². The van der Waals surface area contributed by atoms with Gasteiger partial charge in [-0.05, 0) is 18.6 Å². The number of carbonyl (C=O) groups excluding carboxylic acids is 1. The van der Waals surface area contributed by atoms with E-state index in [1.54, 1.807) is 17.6 Å². The fraction of sp³-hybridized carbons (Fsp3) is 0.400. The number of ether oxygens (including phenoxy) is 3. The number of carbonyl (C=O) groups is 2. The lowest BCUT2D eigenvalue weighted by molar-refractivity contribution is -0.203. The Bertz CT molecular complexity index is 1500. The van der Waals surface area contributed by atoms with E-state index in [1.807, 2.05) is 36.4 Å².